The lowest BCUT2D eigenvalue weighted by Crippen LogP contribution is -2.32. The molecule has 2 N–H and O–H groups in total. The number of aromatic nitrogens is 2. The Balaban J connectivity index is 2.32. The number of hydrogen-bond donors (Lipinski definition) is 1. The summed E-state index contributed by atoms with van der Waals surface area (Å²) in [6, 6.07) is 7.72. The van der Waals surface area contributed by atoms with Crippen LogP contribution in [0.1, 0.15) is 41.2 Å². The molecule has 0 spiro atoms. The van der Waals surface area contributed by atoms with Crippen LogP contribution in [0.4, 0.5) is 5.95 Å². The molecule has 1 amide bonds. The topological polar surface area (TPSA) is 81.3 Å². The summed E-state index contributed by atoms with van der Waals surface area (Å²) in [7, 11) is 0. The van der Waals surface area contributed by atoms with E-state index in [0.29, 0.717) is 30.0 Å². The van der Waals surface area contributed by atoms with Crippen LogP contribution in [0, 0.1) is 13.8 Å². The highest BCUT2D eigenvalue weighted by Crippen LogP contribution is 2.19. The molecule has 6 heteroatoms. The number of carbonyl (C=O) groups excluding carboxylic acids is 1. The average molecular weight is 328 g/mol. The molecule has 0 aliphatic heterocycles. The Labute approximate surface area is 142 Å². The van der Waals surface area contributed by atoms with E-state index in [-0.39, 0.29) is 18.5 Å². The Bertz CT molecular complexity index is 727. The molecule has 0 saturated heterocycles. The quantitative estimate of drug-likeness (QED) is 0.882. The minimum Gasteiger partial charge on any atom is -0.487 e. The van der Waals surface area contributed by atoms with Crippen LogP contribution in [0.25, 0.3) is 0 Å². The molecule has 0 saturated carbocycles. The van der Waals surface area contributed by atoms with Gasteiger partial charge in [0, 0.05) is 13.1 Å². The van der Waals surface area contributed by atoms with Crippen molar-refractivity contribution in [1.29, 1.82) is 0 Å². The van der Waals surface area contributed by atoms with Crippen molar-refractivity contribution in [3.05, 3.63) is 46.8 Å². The van der Waals surface area contributed by atoms with E-state index in [1.54, 1.807) is 11.8 Å². The minimum absolute atomic E-state index is 0.0969. The highest BCUT2D eigenvalue weighted by molar-refractivity contribution is 5.96. The van der Waals surface area contributed by atoms with Crippen molar-refractivity contribution < 1.29 is 9.53 Å². The predicted molar refractivity (Wildman–Crippen MR) is 93.9 cm³/mol. The van der Waals surface area contributed by atoms with Crippen molar-refractivity contribution in [1.82, 2.24) is 14.9 Å². The van der Waals surface area contributed by atoms with Crippen LogP contribution >= 0.6 is 0 Å². The van der Waals surface area contributed by atoms with Gasteiger partial charge < -0.3 is 15.4 Å². The van der Waals surface area contributed by atoms with E-state index in [1.165, 1.54) is 0 Å². The van der Waals surface area contributed by atoms with E-state index in [2.05, 4.69) is 9.97 Å². The van der Waals surface area contributed by atoms with Crippen LogP contribution in [0.5, 0.6) is 5.75 Å². The highest BCUT2D eigenvalue weighted by atomic mass is 16.5. The standard InChI is InChI=1S/C18H24N4O2/c1-5-22(6-2)17(23)16-13(4)20-18(19)21-15(16)11-24-14-9-7-8-12(3)10-14/h7-10H,5-6,11H2,1-4H3,(H2,19,20,21). The molecule has 0 bridgehead atoms. The predicted octanol–water partition coefficient (Wildman–Crippen LogP) is 2.74. The van der Waals surface area contributed by atoms with Gasteiger partial charge in [0.1, 0.15) is 12.4 Å². The molecule has 0 radical (unpaired) electrons. The van der Waals surface area contributed by atoms with Crippen molar-refractivity contribution >= 4 is 11.9 Å². The van der Waals surface area contributed by atoms with Gasteiger partial charge in [-0.1, -0.05) is 12.1 Å². The summed E-state index contributed by atoms with van der Waals surface area (Å²) in [5, 5.41) is 0. The summed E-state index contributed by atoms with van der Waals surface area (Å²) in [5.41, 5.74) is 8.42. The fraction of sp³-hybridized carbons (Fsp3) is 0.389. The third-order valence-electron chi connectivity index (χ3n) is 3.81. The van der Waals surface area contributed by atoms with Gasteiger partial charge in [-0.05, 0) is 45.4 Å². The number of anilines is 1. The zero-order valence-electron chi connectivity index (χ0n) is 14.7. The first kappa shape index (κ1) is 17.7. The summed E-state index contributed by atoms with van der Waals surface area (Å²) < 4.78 is 5.80. The smallest absolute Gasteiger partial charge is 0.257 e. The summed E-state index contributed by atoms with van der Waals surface area (Å²) in [6.45, 7) is 9.06. The summed E-state index contributed by atoms with van der Waals surface area (Å²) in [6.07, 6.45) is 0. The number of ether oxygens (including phenoxy) is 1. The molecule has 6 nitrogen and oxygen atoms in total. The molecule has 2 aromatic rings. The highest BCUT2D eigenvalue weighted by Gasteiger charge is 2.22. The maximum atomic E-state index is 12.8. The van der Waals surface area contributed by atoms with Crippen molar-refractivity contribution in [2.75, 3.05) is 18.8 Å². The van der Waals surface area contributed by atoms with E-state index >= 15 is 0 Å². The molecular weight excluding hydrogens is 304 g/mol. The maximum Gasteiger partial charge on any atom is 0.257 e. The van der Waals surface area contributed by atoms with E-state index in [4.69, 9.17) is 10.5 Å². The van der Waals surface area contributed by atoms with Gasteiger partial charge in [-0.3, -0.25) is 4.79 Å². The van der Waals surface area contributed by atoms with Crippen molar-refractivity contribution in [3.8, 4) is 5.75 Å². The summed E-state index contributed by atoms with van der Waals surface area (Å²) in [5.74, 6) is 0.776. The van der Waals surface area contributed by atoms with Crippen molar-refractivity contribution in [3.63, 3.8) is 0 Å². The van der Waals surface area contributed by atoms with Crippen LogP contribution in [0.15, 0.2) is 24.3 Å². The molecule has 128 valence electrons. The Morgan fingerprint density at radius 1 is 1.21 bits per heavy atom. The molecule has 2 rings (SSSR count). The minimum atomic E-state index is -0.0969. The molecule has 24 heavy (non-hydrogen) atoms. The lowest BCUT2D eigenvalue weighted by Gasteiger charge is -2.21. The van der Waals surface area contributed by atoms with E-state index in [9.17, 15) is 4.79 Å². The molecule has 1 aromatic carbocycles. The van der Waals surface area contributed by atoms with Crippen LogP contribution in [0.2, 0.25) is 0 Å². The average Bonchev–Trinajstić information content (AvgIpc) is 2.53. The lowest BCUT2D eigenvalue weighted by atomic mass is 10.1. The zero-order valence-corrected chi connectivity index (χ0v) is 14.7. The first-order valence-electron chi connectivity index (χ1n) is 8.08. The Morgan fingerprint density at radius 2 is 1.92 bits per heavy atom. The third kappa shape index (κ3) is 4.01. The maximum absolute atomic E-state index is 12.8. The first-order chi connectivity index (χ1) is 11.5. The fourth-order valence-corrected chi connectivity index (χ4v) is 2.56. The number of nitrogens with two attached hydrogens (primary N) is 1. The number of hydrogen-bond acceptors (Lipinski definition) is 5. The Hall–Kier alpha value is -2.63. The van der Waals surface area contributed by atoms with Gasteiger partial charge in [-0.25, -0.2) is 9.97 Å². The largest absolute Gasteiger partial charge is 0.487 e. The van der Waals surface area contributed by atoms with Gasteiger partial charge in [0.2, 0.25) is 5.95 Å². The van der Waals surface area contributed by atoms with Gasteiger partial charge in [0.25, 0.3) is 5.91 Å². The normalized spacial score (nSPS) is 10.5. The summed E-state index contributed by atoms with van der Waals surface area (Å²) in [4.78, 5) is 22.9. The number of carbonyl (C=O) groups is 1. The van der Waals surface area contributed by atoms with E-state index < -0.39 is 0 Å². The monoisotopic (exact) mass is 328 g/mol. The lowest BCUT2D eigenvalue weighted by molar-refractivity contribution is 0.0768. The Kier molecular flexibility index (Phi) is 5.73. The third-order valence-corrected chi connectivity index (χ3v) is 3.81. The first-order valence-corrected chi connectivity index (χ1v) is 8.08. The van der Waals surface area contributed by atoms with Gasteiger partial charge in [0.15, 0.2) is 0 Å². The number of aryl methyl sites for hydroxylation is 2. The van der Waals surface area contributed by atoms with Crippen LogP contribution in [0.3, 0.4) is 0 Å². The van der Waals surface area contributed by atoms with Crippen LogP contribution < -0.4 is 10.5 Å². The molecule has 0 atom stereocenters. The second-order valence-electron chi connectivity index (χ2n) is 5.57. The molecule has 0 unspecified atom stereocenters. The zero-order chi connectivity index (χ0) is 17.7. The molecule has 0 fully saturated rings. The van der Waals surface area contributed by atoms with Gasteiger partial charge in [-0.15, -0.1) is 0 Å². The fourth-order valence-electron chi connectivity index (χ4n) is 2.56. The van der Waals surface area contributed by atoms with Crippen LogP contribution in [-0.4, -0.2) is 33.9 Å². The molecule has 0 aliphatic carbocycles. The summed E-state index contributed by atoms with van der Waals surface area (Å²) >= 11 is 0. The Morgan fingerprint density at radius 3 is 2.54 bits per heavy atom. The number of nitrogen functional groups attached to an aromatic ring is 1. The second-order valence-corrected chi connectivity index (χ2v) is 5.57. The number of benzene rings is 1. The number of nitrogens with zero attached hydrogens (tertiary/aromatic N) is 3. The SMILES string of the molecule is CCN(CC)C(=O)c1c(C)nc(N)nc1COc1cccc(C)c1. The second kappa shape index (κ2) is 7.77. The number of amides is 1. The molecule has 0 aliphatic rings. The molecular formula is C18H24N4O2. The number of rotatable bonds is 6. The van der Waals surface area contributed by atoms with Gasteiger partial charge in [-0.2, -0.15) is 0 Å². The van der Waals surface area contributed by atoms with Crippen molar-refractivity contribution in [2.45, 2.75) is 34.3 Å². The molecule has 1 aromatic heterocycles. The van der Waals surface area contributed by atoms with Gasteiger partial charge >= 0.3 is 0 Å². The van der Waals surface area contributed by atoms with E-state index in [0.717, 1.165) is 11.3 Å². The van der Waals surface area contributed by atoms with Crippen molar-refractivity contribution in [2.24, 2.45) is 0 Å². The molecule has 1 heterocycles. The van der Waals surface area contributed by atoms with Crippen LogP contribution in [-0.2, 0) is 6.61 Å². The van der Waals surface area contributed by atoms with E-state index in [1.807, 2.05) is 45.0 Å². The van der Waals surface area contributed by atoms with Gasteiger partial charge in [0.05, 0.1) is 17.0 Å².